The molecule has 1 amide bonds. The Balaban J connectivity index is 1.90. The van der Waals surface area contributed by atoms with Crippen LogP contribution in [0.3, 0.4) is 0 Å². The average Bonchev–Trinajstić information content (AvgIpc) is 2.88. The topological polar surface area (TPSA) is 80.8 Å². The van der Waals surface area contributed by atoms with E-state index in [1.54, 1.807) is 42.5 Å². The van der Waals surface area contributed by atoms with Crippen molar-refractivity contribution in [2.24, 2.45) is 0 Å². The minimum Gasteiger partial charge on any atom is -0.420 e. The van der Waals surface area contributed by atoms with Crippen molar-refractivity contribution in [3.63, 3.8) is 0 Å². The maximum absolute atomic E-state index is 12.8. The molecule has 0 saturated carbocycles. The maximum atomic E-state index is 12.8. The Morgan fingerprint density at radius 1 is 0.960 bits per heavy atom. The van der Waals surface area contributed by atoms with Gasteiger partial charge in [0, 0.05) is 5.56 Å². The summed E-state index contributed by atoms with van der Waals surface area (Å²) in [6.45, 7) is 1.86. The Bertz CT molecular complexity index is 1000. The van der Waals surface area contributed by atoms with Gasteiger partial charge in [0.05, 0.1) is 5.69 Å². The first-order valence-electron chi connectivity index (χ1n) is 7.54. The average molecular weight is 333 g/mol. The zero-order valence-corrected chi connectivity index (χ0v) is 13.1. The third-order valence-electron chi connectivity index (χ3n) is 4.13. The number of anilines is 1. The number of hydrogen-bond acceptors (Lipinski definition) is 5. The number of Topliss-reactive ketones (excluding diaryl/α,β-unsaturated/α-hetero) is 2. The van der Waals surface area contributed by atoms with Gasteiger partial charge >= 0.3 is 11.9 Å². The second-order valence-corrected chi connectivity index (χ2v) is 5.75. The molecular weight excluding hydrogens is 322 g/mol. The first-order valence-corrected chi connectivity index (χ1v) is 7.54. The summed E-state index contributed by atoms with van der Waals surface area (Å²) in [5.41, 5.74) is 0.660. The van der Waals surface area contributed by atoms with Crippen molar-refractivity contribution in [1.82, 2.24) is 0 Å². The zero-order valence-electron chi connectivity index (χ0n) is 13.1. The van der Waals surface area contributed by atoms with E-state index in [0.717, 1.165) is 10.5 Å². The largest absolute Gasteiger partial charge is 0.420 e. The Morgan fingerprint density at radius 3 is 2.36 bits per heavy atom. The van der Waals surface area contributed by atoms with Gasteiger partial charge in [0.1, 0.15) is 5.57 Å². The number of carbonyl (C=O) groups is 4. The number of fused-ring (bicyclic) bond motifs is 3. The van der Waals surface area contributed by atoms with Gasteiger partial charge < -0.3 is 4.74 Å². The summed E-state index contributed by atoms with van der Waals surface area (Å²) >= 11 is 0. The summed E-state index contributed by atoms with van der Waals surface area (Å²) in [4.78, 5) is 50.9. The fourth-order valence-corrected chi connectivity index (χ4v) is 2.89. The van der Waals surface area contributed by atoms with Crippen molar-refractivity contribution in [1.29, 1.82) is 0 Å². The predicted octanol–water partition coefficient (Wildman–Crippen LogP) is 1.97. The highest BCUT2D eigenvalue weighted by Gasteiger charge is 2.49. The van der Waals surface area contributed by atoms with E-state index < -0.39 is 29.0 Å². The van der Waals surface area contributed by atoms with Crippen molar-refractivity contribution in [3.05, 3.63) is 70.9 Å². The van der Waals surface area contributed by atoms with Crippen LogP contribution in [-0.4, -0.2) is 23.4 Å². The first kappa shape index (κ1) is 15.0. The predicted molar refractivity (Wildman–Crippen MR) is 87.1 cm³/mol. The highest BCUT2D eigenvalue weighted by Crippen LogP contribution is 2.40. The third-order valence-corrected chi connectivity index (χ3v) is 4.13. The molecule has 0 fully saturated rings. The molecule has 0 spiro atoms. The number of benzene rings is 2. The molecule has 2 aliphatic rings. The van der Waals surface area contributed by atoms with Crippen LogP contribution >= 0.6 is 0 Å². The van der Waals surface area contributed by atoms with Gasteiger partial charge in [-0.3, -0.25) is 19.3 Å². The number of aryl methyl sites for hydroxylation is 1. The van der Waals surface area contributed by atoms with E-state index >= 15 is 0 Å². The van der Waals surface area contributed by atoms with E-state index in [1.807, 2.05) is 6.92 Å². The quantitative estimate of drug-likeness (QED) is 0.276. The molecule has 122 valence electrons. The fraction of sp³-hybridized carbons (Fsp3) is 0.0526. The van der Waals surface area contributed by atoms with Gasteiger partial charge in [-0.2, -0.15) is 0 Å². The normalized spacial score (nSPS) is 15.9. The highest BCUT2D eigenvalue weighted by atomic mass is 16.5. The molecule has 2 heterocycles. The van der Waals surface area contributed by atoms with E-state index in [4.69, 9.17) is 4.74 Å². The number of carbonyl (C=O) groups excluding carboxylic acids is 4. The Hall–Kier alpha value is -3.54. The molecule has 2 aromatic carbocycles. The Labute approximate surface area is 142 Å². The molecular formula is C19H11NO5. The van der Waals surface area contributed by atoms with Gasteiger partial charge in [-0.05, 0) is 19.1 Å². The van der Waals surface area contributed by atoms with Gasteiger partial charge in [-0.25, -0.2) is 4.79 Å². The van der Waals surface area contributed by atoms with Crippen molar-refractivity contribution in [2.75, 3.05) is 4.90 Å². The van der Waals surface area contributed by atoms with Crippen LogP contribution < -0.4 is 9.64 Å². The van der Waals surface area contributed by atoms with E-state index in [9.17, 15) is 19.2 Å². The Morgan fingerprint density at radius 2 is 1.64 bits per heavy atom. The van der Waals surface area contributed by atoms with Crippen molar-refractivity contribution in [2.45, 2.75) is 6.92 Å². The lowest BCUT2D eigenvalue weighted by molar-refractivity contribution is -0.133. The van der Waals surface area contributed by atoms with Crippen LogP contribution in [0, 0.1) is 6.92 Å². The lowest BCUT2D eigenvalue weighted by Gasteiger charge is -2.25. The Kier molecular flexibility index (Phi) is 3.15. The first-order chi connectivity index (χ1) is 12.0. The van der Waals surface area contributed by atoms with E-state index in [2.05, 4.69) is 0 Å². The molecule has 2 aromatic rings. The number of amides is 1. The fourth-order valence-electron chi connectivity index (χ4n) is 2.89. The van der Waals surface area contributed by atoms with Gasteiger partial charge in [-0.15, -0.1) is 0 Å². The number of para-hydroxylation sites is 2. The molecule has 4 rings (SSSR count). The second-order valence-electron chi connectivity index (χ2n) is 5.75. The summed E-state index contributed by atoms with van der Waals surface area (Å²) in [5.74, 6) is -3.34. The second kappa shape index (κ2) is 5.24. The van der Waals surface area contributed by atoms with Crippen LogP contribution in [0.2, 0.25) is 0 Å². The number of esters is 1. The molecule has 6 heteroatoms. The highest BCUT2D eigenvalue weighted by molar-refractivity contribution is 6.59. The molecule has 0 atom stereocenters. The van der Waals surface area contributed by atoms with Crippen LogP contribution in [0.25, 0.3) is 0 Å². The molecule has 0 unspecified atom stereocenters. The summed E-state index contributed by atoms with van der Waals surface area (Å²) in [5, 5.41) is 0. The number of rotatable bonds is 2. The lowest BCUT2D eigenvalue weighted by Crippen LogP contribution is -2.36. The summed E-state index contributed by atoms with van der Waals surface area (Å²) in [6.07, 6.45) is 0. The van der Waals surface area contributed by atoms with E-state index in [-0.39, 0.29) is 22.7 Å². The lowest BCUT2D eigenvalue weighted by atomic mass is 9.99. The summed E-state index contributed by atoms with van der Waals surface area (Å²) in [6, 6.07) is 12.9. The number of hydrogen-bond donors (Lipinski definition) is 0. The standard InChI is InChI=1S/C19H11NO5/c1-10-6-8-11(9-7-10)16(21)14-15-19(24)25-13-5-3-2-4-12(13)20(15)18(23)17(14)22/h2-9H,1H3. The summed E-state index contributed by atoms with van der Waals surface area (Å²) in [7, 11) is 0. The zero-order chi connectivity index (χ0) is 17.7. The maximum Gasteiger partial charge on any atom is 0.361 e. The van der Waals surface area contributed by atoms with Crippen molar-refractivity contribution >= 4 is 29.1 Å². The molecule has 0 aliphatic carbocycles. The van der Waals surface area contributed by atoms with Gasteiger partial charge in [0.15, 0.2) is 17.2 Å². The number of ether oxygens (including phenoxy) is 1. The monoisotopic (exact) mass is 333 g/mol. The molecule has 0 radical (unpaired) electrons. The number of nitrogens with zero attached hydrogens (tertiary/aromatic N) is 1. The van der Waals surface area contributed by atoms with Crippen LogP contribution in [0.5, 0.6) is 5.75 Å². The van der Waals surface area contributed by atoms with Crippen LogP contribution in [0.15, 0.2) is 59.8 Å². The molecule has 0 bridgehead atoms. The molecule has 2 aliphatic heterocycles. The van der Waals surface area contributed by atoms with Gasteiger partial charge in [0.2, 0.25) is 0 Å². The van der Waals surface area contributed by atoms with Crippen LogP contribution in [0.4, 0.5) is 5.69 Å². The molecule has 0 aromatic heterocycles. The number of ketones is 2. The van der Waals surface area contributed by atoms with E-state index in [0.29, 0.717) is 0 Å². The molecule has 0 saturated heterocycles. The SMILES string of the molecule is Cc1ccc(C(=O)C2=C3C(=O)Oc4ccccc4N3C(=O)C2=O)cc1. The third kappa shape index (κ3) is 2.11. The van der Waals surface area contributed by atoms with Crippen molar-refractivity contribution < 1.29 is 23.9 Å². The summed E-state index contributed by atoms with van der Waals surface area (Å²) < 4.78 is 5.18. The van der Waals surface area contributed by atoms with Crippen LogP contribution in [-0.2, 0) is 14.4 Å². The molecule has 25 heavy (non-hydrogen) atoms. The van der Waals surface area contributed by atoms with Gasteiger partial charge in [0.25, 0.3) is 5.78 Å². The smallest absolute Gasteiger partial charge is 0.361 e. The van der Waals surface area contributed by atoms with Crippen LogP contribution in [0.1, 0.15) is 15.9 Å². The van der Waals surface area contributed by atoms with Crippen molar-refractivity contribution in [3.8, 4) is 5.75 Å². The molecule has 0 N–H and O–H groups in total. The minimum atomic E-state index is -1.01. The minimum absolute atomic E-state index is 0.168. The van der Waals surface area contributed by atoms with E-state index in [1.165, 1.54) is 6.07 Å². The molecule has 6 nitrogen and oxygen atoms in total. The van der Waals surface area contributed by atoms with Gasteiger partial charge in [-0.1, -0.05) is 42.0 Å².